The van der Waals surface area contributed by atoms with Crippen LogP contribution < -0.4 is 0 Å². The summed E-state index contributed by atoms with van der Waals surface area (Å²) < 4.78 is 53.6. The summed E-state index contributed by atoms with van der Waals surface area (Å²) in [5, 5.41) is 9.77. The molecule has 1 aliphatic rings. The predicted octanol–water partition coefficient (Wildman–Crippen LogP) is 11.7. The Kier molecular flexibility index (Phi) is 36.2. The molecule has 1 heterocycles. The van der Waals surface area contributed by atoms with E-state index in [-0.39, 0.29) is 25.0 Å². The molecule has 368 valence electrons. The Morgan fingerprint density at radius 1 is 0.587 bits per heavy atom. The van der Waals surface area contributed by atoms with Crippen LogP contribution >= 0.6 is 15.6 Å². The molecule has 1 aliphatic heterocycles. The van der Waals surface area contributed by atoms with E-state index < -0.39 is 66.2 Å². The summed E-state index contributed by atoms with van der Waals surface area (Å²) in [6.07, 6.45) is 38.8. The van der Waals surface area contributed by atoms with Crippen LogP contribution in [0.5, 0.6) is 0 Å². The highest BCUT2D eigenvalue weighted by Gasteiger charge is 2.36. The van der Waals surface area contributed by atoms with Crippen molar-refractivity contribution in [3.63, 3.8) is 0 Å². The lowest BCUT2D eigenvalue weighted by Gasteiger charge is -2.20. The van der Waals surface area contributed by atoms with Gasteiger partial charge in [0.1, 0.15) is 12.7 Å². The Balaban J connectivity index is 2.35. The van der Waals surface area contributed by atoms with Crippen molar-refractivity contribution in [3.05, 3.63) is 36.5 Å². The van der Waals surface area contributed by atoms with E-state index >= 15 is 0 Å². The van der Waals surface area contributed by atoms with E-state index in [0.717, 1.165) is 50.9 Å². The highest BCUT2D eigenvalue weighted by Crippen LogP contribution is 2.44. The van der Waals surface area contributed by atoms with Gasteiger partial charge < -0.3 is 34.0 Å². The number of epoxide rings is 1. The first-order valence-electron chi connectivity index (χ1n) is 24.2. The zero-order valence-corrected chi connectivity index (χ0v) is 40.8. The summed E-state index contributed by atoms with van der Waals surface area (Å²) in [7, 11) is -9.70. The molecule has 0 amide bonds. The van der Waals surface area contributed by atoms with Crippen molar-refractivity contribution in [1.82, 2.24) is 0 Å². The summed E-state index contributed by atoms with van der Waals surface area (Å²) in [6, 6.07) is 0. The second-order valence-corrected chi connectivity index (χ2v) is 19.9. The molecule has 63 heavy (non-hydrogen) atoms. The normalized spacial score (nSPS) is 17.5. The number of allylic oxidation sites excluding steroid dienone is 4. The first kappa shape index (κ1) is 59.3. The van der Waals surface area contributed by atoms with Gasteiger partial charge in [-0.05, 0) is 57.3 Å². The number of carbonyl (C=O) groups is 2. The van der Waals surface area contributed by atoms with Crippen LogP contribution in [-0.4, -0.2) is 82.6 Å². The molecule has 1 fully saturated rings. The molecule has 3 unspecified atom stereocenters. The van der Waals surface area contributed by atoms with Gasteiger partial charge in [-0.1, -0.05) is 166 Å². The standard InChI is InChI=1S/C47H86O14P2/c1-4-5-6-7-8-16-20-23-28-33-44-45(61-44)34-29-25-26-30-35-46(49)56-39-43(40-59-63(54,55)58-38-42(48)37-57-62(51,52)53)60-47(50)36-31-24-21-18-15-13-11-9-10-12-14-17-19-22-27-32-41(2)3/h8,16,23,25,28-29,41-45,48H,4-7,9-15,17-22,24,26-27,30-40H2,1-3H3,(H,54,55)(H2,51,52,53)/b16-8-,28-23-,29-25-/t42-,43+,44?,45?/m0/s1. The second-order valence-electron chi connectivity index (χ2n) is 17.3. The number of hydrogen-bond donors (Lipinski definition) is 4. The Labute approximate surface area is 380 Å². The molecule has 0 aromatic rings. The Morgan fingerprint density at radius 3 is 1.67 bits per heavy atom. The van der Waals surface area contributed by atoms with Crippen LogP contribution in [0.3, 0.4) is 0 Å². The zero-order chi connectivity index (χ0) is 46.4. The van der Waals surface area contributed by atoms with Crippen LogP contribution in [0.15, 0.2) is 36.5 Å². The Morgan fingerprint density at radius 2 is 1.08 bits per heavy atom. The van der Waals surface area contributed by atoms with Crippen LogP contribution in [0.2, 0.25) is 0 Å². The van der Waals surface area contributed by atoms with Gasteiger partial charge in [-0.2, -0.15) is 0 Å². The lowest BCUT2D eigenvalue weighted by molar-refractivity contribution is -0.161. The van der Waals surface area contributed by atoms with Gasteiger partial charge in [0, 0.05) is 12.8 Å². The molecule has 0 saturated carbocycles. The van der Waals surface area contributed by atoms with Crippen LogP contribution in [0, 0.1) is 5.92 Å². The molecule has 0 aromatic heterocycles. The SMILES string of the molecule is CCCCC/C=C\C/C=C\CC1OC1C/C=C\CCCC(=O)OC[C@H](COP(=O)(O)OC[C@@H](O)COP(=O)(O)O)OC(=O)CCCCCCCCCCCCCCCCCC(C)C. The second kappa shape index (κ2) is 38.4. The highest BCUT2D eigenvalue weighted by atomic mass is 31.2. The van der Waals surface area contributed by atoms with Gasteiger partial charge in [0.05, 0.1) is 32.0 Å². The van der Waals surface area contributed by atoms with Gasteiger partial charge in [0.25, 0.3) is 0 Å². The fourth-order valence-corrected chi connectivity index (χ4v) is 7.96. The maximum absolute atomic E-state index is 12.7. The lowest BCUT2D eigenvalue weighted by Crippen LogP contribution is -2.30. The number of ether oxygens (including phenoxy) is 3. The average molecular weight is 937 g/mol. The number of esters is 2. The van der Waals surface area contributed by atoms with E-state index in [2.05, 4.69) is 55.7 Å². The topological polar surface area (TPSA) is 208 Å². The minimum absolute atomic E-state index is 0.112. The zero-order valence-electron chi connectivity index (χ0n) is 39.0. The molecule has 0 aromatic carbocycles. The molecule has 14 nitrogen and oxygen atoms in total. The van der Waals surface area contributed by atoms with Crippen LogP contribution in [-0.2, 0) is 46.5 Å². The van der Waals surface area contributed by atoms with Crippen molar-refractivity contribution in [2.75, 3.05) is 26.4 Å². The number of phosphoric ester groups is 2. The fraction of sp³-hybridized carbons (Fsp3) is 0.830. The van der Waals surface area contributed by atoms with E-state index in [4.69, 9.17) is 33.0 Å². The van der Waals surface area contributed by atoms with E-state index in [0.29, 0.717) is 19.3 Å². The summed E-state index contributed by atoms with van der Waals surface area (Å²) in [4.78, 5) is 52.9. The van der Waals surface area contributed by atoms with E-state index in [1.165, 1.54) is 96.3 Å². The average Bonchev–Trinajstić information content (AvgIpc) is 3.99. The molecule has 5 atom stereocenters. The van der Waals surface area contributed by atoms with Gasteiger partial charge in [-0.3, -0.25) is 23.2 Å². The quantitative estimate of drug-likeness (QED) is 0.0147. The predicted molar refractivity (Wildman–Crippen MR) is 248 cm³/mol. The van der Waals surface area contributed by atoms with Gasteiger partial charge in [-0.15, -0.1) is 0 Å². The molecule has 1 saturated heterocycles. The first-order chi connectivity index (χ1) is 30.2. The maximum atomic E-state index is 12.7. The molecular formula is C47H86O14P2. The number of unbranched alkanes of at least 4 members (excludes halogenated alkanes) is 18. The highest BCUT2D eigenvalue weighted by molar-refractivity contribution is 7.47. The third kappa shape index (κ3) is 40.3. The van der Waals surface area contributed by atoms with Crippen molar-refractivity contribution < 1.29 is 66.3 Å². The molecule has 0 bridgehead atoms. The van der Waals surface area contributed by atoms with Gasteiger partial charge in [-0.25, -0.2) is 9.13 Å². The number of hydrogen-bond acceptors (Lipinski definition) is 11. The Hall–Kier alpha value is -1.70. The lowest BCUT2D eigenvalue weighted by atomic mass is 10.0. The number of phosphoric acid groups is 2. The molecule has 0 spiro atoms. The summed E-state index contributed by atoms with van der Waals surface area (Å²) in [6.45, 7) is 4.02. The van der Waals surface area contributed by atoms with Gasteiger partial charge >= 0.3 is 27.6 Å². The monoisotopic (exact) mass is 937 g/mol. The number of aliphatic hydroxyl groups excluding tert-OH is 1. The minimum Gasteiger partial charge on any atom is -0.462 e. The van der Waals surface area contributed by atoms with Crippen molar-refractivity contribution in [1.29, 1.82) is 0 Å². The minimum atomic E-state index is -4.87. The van der Waals surface area contributed by atoms with E-state index in [1.54, 1.807) is 0 Å². The molecule has 16 heteroatoms. The molecule has 0 aliphatic carbocycles. The largest absolute Gasteiger partial charge is 0.472 e. The smallest absolute Gasteiger partial charge is 0.462 e. The summed E-state index contributed by atoms with van der Waals surface area (Å²) in [5.41, 5.74) is 0. The van der Waals surface area contributed by atoms with Gasteiger partial charge in [0.15, 0.2) is 6.10 Å². The maximum Gasteiger partial charge on any atom is 0.472 e. The number of aliphatic hydroxyl groups is 1. The van der Waals surface area contributed by atoms with Crippen molar-refractivity contribution in [2.45, 2.75) is 219 Å². The van der Waals surface area contributed by atoms with E-state index in [1.807, 2.05) is 6.08 Å². The Bertz CT molecular complexity index is 1330. The summed E-state index contributed by atoms with van der Waals surface area (Å²) in [5.74, 6) is -0.286. The van der Waals surface area contributed by atoms with Gasteiger partial charge in [0.2, 0.25) is 0 Å². The third-order valence-corrected chi connectivity index (χ3v) is 12.0. The number of rotatable bonds is 44. The molecule has 0 radical (unpaired) electrons. The fourth-order valence-electron chi connectivity index (χ4n) is 6.80. The van der Waals surface area contributed by atoms with E-state index in [9.17, 15) is 28.7 Å². The van der Waals surface area contributed by atoms with Crippen LogP contribution in [0.25, 0.3) is 0 Å². The number of carbonyl (C=O) groups excluding carboxylic acids is 2. The van der Waals surface area contributed by atoms with Crippen molar-refractivity contribution in [3.8, 4) is 0 Å². The van der Waals surface area contributed by atoms with Crippen LogP contribution in [0.1, 0.15) is 194 Å². The first-order valence-corrected chi connectivity index (χ1v) is 27.2. The third-order valence-electron chi connectivity index (χ3n) is 10.6. The van der Waals surface area contributed by atoms with Crippen LogP contribution in [0.4, 0.5) is 0 Å². The molecule has 4 N–H and O–H groups in total. The van der Waals surface area contributed by atoms with Crippen molar-refractivity contribution in [2.24, 2.45) is 5.92 Å². The summed E-state index contributed by atoms with van der Waals surface area (Å²) >= 11 is 0. The van der Waals surface area contributed by atoms with Crippen molar-refractivity contribution >= 4 is 27.6 Å². The molecule has 1 rings (SSSR count). The molecular weight excluding hydrogens is 850 g/mol.